The summed E-state index contributed by atoms with van der Waals surface area (Å²) in [4.78, 5) is 47.2. The van der Waals surface area contributed by atoms with Crippen molar-refractivity contribution in [2.45, 2.75) is 13.3 Å². The minimum atomic E-state index is -0.876. The zero-order chi connectivity index (χ0) is 24.2. The van der Waals surface area contributed by atoms with Crippen molar-refractivity contribution in [3.05, 3.63) is 93.7 Å². The molecule has 170 valence electrons. The van der Waals surface area contributed by atoms with Gasteiger partial charge in [0.25, 0.3) is 11.8 Å². The smallest absolute Gasteiger partial charge is 0.292 e. The Kier molecular flexibility index (Phi) is 6.86. The van der Waals surface area contributed by atoms with Crippen molar-refractivity contribution in [3.8, 4) is 0 Å². The average molecular weight is 493 g/mol. The summed E-state index contributed by atoms with van der Waals surface area (Å²) >= 11 is 11.8. The predicted molar refractivity (Wildman–Crippen MR) is 132 cm³/mol. The van der Waals surface area contributed by atoms with Gasteiger partial charge < -0.3 is 10.6 Å². The fourth-order valence-corrected chi connectivity index (χ4v) is 3.54. The van der Waals surface area contributed by atoms with Crippen LogP contribution in [0.1, 0.15) is 21.7 Å². The van der Waals surface area contributed by atoms with Crippen LogP contribution in [0, 0.1) is 6.92 Å². The number of halogens is 2. The van der Waals surface area contributed by atoms with Crippen LogP contribution in [0.15, 0.2) is 66.7 Å². The highest BCUT2D eigenvalue weighted by Crippen LogP contribution is 2.25. The third-order valence-electron chi connectivity index (χ3n) is 5.01. The quantitative estimate of drug-likeness (QED) is 0.358. The van der Waals surface area contributed by atoms with Gasteiger partial charge in [-0.3, -0.25) is 14.4 Å². The van der Waals surface area contributed by atoms with Crippen molar-refractivity contribution >= 4 is 63.2 Å². The molecule has 0 aliphatic rings. The second-order valence-corrected chi connectivity index (χ2v) is 8.27. The van der Waals surface area contributed by atoms with E-state index in [0.717, 1.165) is 5.56 Å². The van der Waals surface area contributed by atoms with Crippen molar-refractivity contribution in [1.29, 1.82) is 0 Å². The normalized spacial score (nSPS) is 10.7. The molecule has 0 aliphatic heterocycles. The number of anilines is 2. The Balaban J connectivity index is 1.61. The largest absolute Gasteiger partial charge is 0.320 e. The summed E-state index contributed by atoms with van der Waals surface area (Å²) in [7, 11) is 0. The van der Waals surface area contributed by atoms with Crippen LogP contribution in [0.25, 0.3) is 11.0 Å². The van der Waals surface area contributed by atoms with Gasteiger partial charge in [0.15, 0.2) is 5.69 Å². The van der Waals surface area contributed by atoms with Gasteiger partial charge in [-0.05, 0) is 48.9 Å². The van der Waals surface area contributed by atoms with Crippen molar-refractivity contribution in [2.75, 3.05) is 10.6 Å². The molecule has 0 aliphatic carbocycles. The Labute approximate surface area is 205 Å². The maximum absolute atomic E-state index is 13.1. The third-order valence-corrected chi connectivity index (χ3v) is 5.75. The molecule has 1 heterocycles. The van der Waals surface area contributed by atoms with Gasteiger partial charge in [-0.15, -0.1) is 0 Å². The number of ketones is 1. The molecule has 0 fully saturated rings. The third kappa shape index (κ3) is 5.22. The number of fused-ring (bicyclic) bond motifs is 1. The number of amides is 2. The number of para-hydroxylation sites is 3. The highest BCUT2D eigenvalue weighted by atomic mass is 35.5. The summed E-state index contributed by atoms with van der Waals surface area (Å²) < 4.78 is 0. The number of rotatable bonds is 6. The Hall–Kier alpha value is -3.81. The van der Waals surface area contributed by atoms with Crippen LogP contribution in [-0.2, 0) is 16.0 Å². The van der Waals surface area contributed by atoms with E-state index in [0.29, 0.717) is 27.4 Å². The van der Waals surface area contributed by atoms with E-state index in [1.54, 1.807) is 36.4 Å². The van der Waals surface area contributed by atoms with Crippen molar-refractivity contribution in [3.63, 3.8) is 0 Å². The summed E-state index contributed by atoms with van der Waals surface area (Å²) in [6.07, 6.45) is -0.415. The van der Waals surface area contributed by atoms with E-state index in [1.807, 2.05) is 19.1 Å². The number of carbonyl (C=O) groups excluding carboxylic acids is 3. The maximum atomic E-state index is 13.1. The Bertz CT molecular complexity index is 1440. The number of nitrogens with zero attached hydrogens (tertiary/aromatic N) is 2. The molecule has 0 unspecified atom stereocenters. The van der Waals surface area contributed by atoms with E-state index >= 15 is 0 Å². The molecule has 34 heavy (non-hydrogen) atoms. The zero-order valence-corrected chi connectivity index (χ0v) is 19.4. The molecule has 9 heteroatoms. The second-order valence-electron chi connectivity index (χ2n) is 7.46. The van der Waals surface area contributed by atoms with Gasteiger partial charge in [0.05, 0.1) is 33.2 Å². The Morgan fingerprint density at radius 1 is 0.824 bits per heavy atom. The summed E-state index contributed by atoms with van der Waals surface area (Å²) in [5, 5.41) is 5.85. The number of nitrogens with one attached hydrogen (secondary N) is 2. The highest BCUT2D eigenvalue weighted by Gasteiger charge is 2.23. The van der Waals surface area contributed by atoms with Gasteiger partial charge >= 0.3 is 0 Å². The van der Waals surface area contributed by atoms with Gasteiger partial charge in [0.1, 0.15) is 0 Å². The molecule has 0 radical (unpaired) electrons. The first-order valence-corrected chi connectivity index (χ1v) is 11.0. The first-order chi connectivity index (χ1) is 16.3. The first kappa shape index (κ1) is 23.4. The molecule has 0 atom stereocenters. The summed E-state index contributed by atoms with van der Waals surface area (Å²) in [5.74, 6) is -2.19. The van der Waals surface area contributed by atoms with Crippen LogP contribution >= 0.6 is 23.2 Å². The van der Waals surface area contributed by atoms with E-state index in [-0.39, 0.29) is 16.4 Å². The highest BCUT2D eigenvalue weighted by molar-refractivity contribution is 6.43. The monoisotopic (exact) mass is 492 g/mol. The zero-order valence-electron chi connectivity index (χ0n) is 17.9. The van der Waals surface area contributed by atoms with Gasteiger partial charge in [-0.25, -0.2) is 9.97 Å². The Morgan fingerprint density at radius 2 is 1.50 bits per heavy atom. The van der Waals surface area contributed by atoms with Crippen LogP contribution in [0.2, 0.25) is 10.0 Å². The SMILES string of the molecule is Cc1ccccc1NC(=O)c1nc2ccccc2nc1CC(=O)C(=O)Nc1ccc(Cl)c(Cl)c1. The van der Waals surface area contributed by atoms with Crippen LogP contribution in [0.4, 0.5) is 11.4 Å². The lowest BCUT2D eigenvalue weighted by Gasteiger charge is -2.12. The molecule has 0 saturated carbocycles. The number of benzene rings is 3. The van der Waals surface area contributed by atoms with Gasteiger partial charge in [0, 0.05) is 11.4 Å². The number of Topliss-reactive ketones (excluding diaryl/α,β-unsaturated/α-hetero) is 1. The van der Waals surface area contributed by atoms with Crippen molar-refractivity contribution in [2.24, 2.45) is 0 Å². The van der Waals surface area contributed by atoms with Crippen molar-refractivity contribution < 1.29 is 14.4 Å². The molecule has 0 saturated heterocycles. The summed E-state index contributed by atoms with van der Waals surface area (Å²) in [6.45, 7) is 1.86. The number of hydrogen-bond acceptors (Lipinski definition) is 5. The molecule has 2 amide bonds. The molecule has 4 rings (SSSR count). The van der Waals surface area contributed by atoms with Crippen LogP contribution in [0.3, 0.4) is 0 Å². The number of carbonyl (C=O) groups is 3. The van der Waals surface area contributed by atoms with E-state index in [2.05, 4.69) is 20.6 Å². The maximum Gasteiger partial charge on any atom is 0.292 e. The van der Waals surface area contributed by atoms with Crippen LogP contribution in [0.5, 0.6) is 0 Å². The lowest BCUT2D eigenvalue weighted by atomic mass is 10.1. The van der Waals surface area contributed by atoms with Gasteiger partial charge in [-0.2, -0.15) is 0 Å². The van der Waals surface area contributed by atoms with E-state index in [4.69, 9.17) is 23.2 Å². The predicted octanol–water partition coefficient (Wildman–Crippen LogP) is 5.25. The lowest BCUT2D eigenvalue weighted by molar-refractivity contribution is -0.134. The van der Waals surface area contributed by atoms with E-state index in [9.17, 15) is 14.4 Å². The molecule has 2 N–H and O–H groups in total. The first-order valence-electron chi connectivity index (χ1n) is 10.2. The molecule has 0 bridgehead atoms. The second kappa shape index (κ2) is 9.99. The molecule has 3 aromatic carbocycles. The standard InChI is InChI=1S/C25H18Cl2N4O3/c1-14-6-2-3-7-18(14)31-25(34)23-21(29-19-8-4-5-9-20(19)30-23)13-22(32)24(33)28-15-10-11-16(26)17(27)12-15/h2-12H,13H2,1H3,(H,28,33)(H,31,34). The van der Waals surface area contributed by atoms with Gasteiger partial charge in [-0.1, -0.05) is 53.5 Å². The Morgan fingerprint density at radius 3 is 2.21 bits per heavy atom. The minimum absolute atomic E-state index is 0.0300. The number of aromatic nitrogens is 2. The fraction of sp³-hybridized carbons (Fsp3) is 0.0800. The van der Waals surface area contributed by atoms with Crippen LogP contribution in [-0.4, -0.2) is 27.6 Å². The summed E-state index contributed by atoms with van der Waals surface area (Å²) in [5.41, 5.74) is 2.85. The van der Waals surface area contributed by atoms with E-state index < -0.39 is 24.0 Å². The molecular formula is C25H18Cl2N4O3. The molecule has 0 spiro atoms. The average Bonchev–Trinajstić information content (AvgIpc) is 2.82. The minimum Gasteiger partial charge on any atom is -0.320 e. The van der Waals surface area contributed by atoms with Gasteiger partial charge in [0.2, 0.25) is 5.78 Å². The number of hydrogen-bond donors (Lipinski definition) is 2. The molecule has 1 aromatic heterocycles. The molecule has 7 nitrogen and oxygen atoms in total. The number of aryl methyl sites for hydroxylation is 1. The topological polar surface area (TPSA) is 101 Å². The van der Waals surface area contributed by atoms with E-state index in [1.165, 1.54) is 18.2 Å². The lowest BCUT2D eigenvalue weighted by Crippen LogP contribution is -2.27. The van der Waals surface area contributed by atoms with Crippen molar-refractivity contribution in [1.82, 2.24) is 9.97 Å². The fourth-order valence-electron chi connectivity index (χ4n) is 3.24. The summed E-state index contributed by atoms with van der Waals surface area (Å²) in [6, 6.07) is 18.7. The van der Waals surface area contributed by atoms with Crippen LogP contribution < -0.4 is 10.6 Å². The molecule has 4 aromatic rings. The molecular weight excluding hydrogens is 475 g/mol.